The molecule has 1 unspecified atom stereocenters. The van der Waals surface area contributed by atoms with Crippen molar-refractivity contribution in [1.29, 1.82) is 0 Å². The highest BCUT2D eigenvalue weighted by Crippen LogP contribution is 2.50. The summed E-state index contributed by atoms with van der Waals surface area (Å²) in [6.45, 7) is 4.08. The van der Waals surface area contributed by atoms with Crippen LogP contribution in [0.15, 0.2) is 4.42 Å². The highest BCUT2D eigenvalue weighted by Gasteiger charge is 2.47. The Balaban J connectivity index is 1.62. The number of carbonyl (C=O) groups excluding carboxylic acids is 1. The number of carbonyl (C=O) groups is 1. The van der Waals surface area contributed by atoms with Crippen LogP contribution in [-0.4, -0.2) is 35.3 Å². The molecule has 0 bridgehead atoms. The summed E-state index contributed by atoms with van der Waals surface area (Å²) in [5, 5.41) is 12.5. The smallest absolute Gasteiger partial charge is 0.360 e. The van der Waals surface area contributed by atoms with Crippen molar-refractivity contribution in [2.75, 3.05) is 18.5 Å². The minimum Gasteiger partial charge on any atom is -0.461 e. The van der Waals surface area contributed by atoms with Crippen molar-refractivity contribution in [2.45, 2.75) is 39.2 Å². The molecule has 0 spiro atoms. The third-order valence-electron chi connectivity index (χ3n) is 4.75. The number of ether oxygens (including phenoxy) is 1. The van der Waals surface area contributed by atoms with Crippen LogP contribution in [-0.2, 0) is 4.74 Å². The van der Waals surface area contributed by atoms with Gasteiger partial charge < -0.3 is 19.6 Å². The first kappa shape index (κ1) is 14.4. The van der Waals surface area contributed by atoms with Crippen molar-refractivity contribution < 1.29 is 19.1 Å². The largest absolute Gasteiger partial charge is 0.461 e. The van der Waals surface area contributed by atoms with Crippen LogP contribution in [0.4, 0.5) is 6.01 Å². The summed E-state index contributed by atoms with van der Waals surface area (Å²) < 4.78 is 10.5. The minimum absolute atomic E-state index is 0.245. The Hall–Kier alpha value is -1.56. The zero-order chi connectivity index (χ0) is 15.0. The van der Waals surface area contributed by atoms with Gasteiger partial charge in [-0.15, -0.1) is 0 Å². The molecule has 1 aromatic rings. The van der Waals surface area contributed by atoms with Crippen molar-refractivity contribution in [3.8, 4) is 0 Å². The molecule has 3 rings (SSSR count). The average molecular weight is 294 g/mol. The van der Waals surface area contributed by atoms with E-state index in [4.69, 9.17) is 9.15 Å². The van der Waals surface area contributed by atoms with Gasteiger partial charge in [0.2, 0.25) is 0 Å². The fraction of sp³-hybridized carbons (Fsp3) is 0.733. The summed E-state index contributed by atoms with van der Waals surface area (Å²) in [6, 6.07) is 0.728. The van der Waals surface area contributed by atoms with Crippen LogP contribution >= 0.6 is 0 Å². The van der Waals surface area contributed by atoms with E-state index in [1.807, 2.05) is 0 Å². The lowest BCUT2D eigenvalue weighted by molar-refractivity contribution is 0.0518. The molecule has 6 nitrogen and oxygen atoms in total. The summed E-state index contributed by atoms with van der Waals surface area (Å²) in [7, 11) is 0. The van der Waals surface area contributed by atoms with E-state index in [-0.39, 0.29) is 12.3 Å². The van der Waals surface area contributed by atoms with Crippen LogP contribution in [0.5, 0.6) is 0 Å². The van der Waals surface area contributed by atoms with Crippen LogP contribution in [0.25, 0.3) is 0 Å². The molecule has 1 heterocycles. The summed E-state index contributed by atoms with van der Waals surface area (Å²) in [6.07, 6.45) is 3.26. The molecule has 0 saturated heterocycles. The lowest BCUT2D eigenvalue weighted by Gasteiger charge is -2.40. The van der Waals surface area contributed by atoms with Crippen molar-refractivity contribution in [3.05, 3.63) is 11.5 Å². The Morgan fingerprint density at radius 1 is 1.48 bits per heavy atom. The summed E-state index contributed by atoms with van der Waals surface area (Å²) in [5.74, 6) is 1.76. The third kappa shape index (κ3) is 2.64. The molecule has 0 amide bonds. The number of rotatable bonds is 5. The van der Waals surface area contributed by atoms with Crippen LogP contribution in [0.3, 0.4) is 0 Å². The molecule has 2 N–H and O–H groups in total. The van der Waals surface area contributed by atoms with E-state index in [1.165, 1.54) is 0 Å². The van der Waals surface area contributed by atoms with E-state index in [0.717, 1.165) is 19.3 Å². The maximum Gasteiger partial charge on any atom is 0.360 e. The molecular weight excluding hydrogens is 272 g/mol. The van der Waals surface area contributed by atoms with Crippen LogP contribution < -0.4 is 5.32 Å². The number of esters is 1. The fourth-order valence-corrected chi connectivity index (χ4v) is 3.67. The minimum atomic E-state index is -0.445. The number of aliphatic hydroxyl groups excluding tert-OH is 1. The molecule has 2 fully saturated rings. The maximum absolute atomic E-state index is 11.7. The standard InChI is InChI=1S/C15H22N2O4/c1-3-20-14(19)13-8(2)21-15(17-13)16-12-6-10-4-9(7-18)5-11(10)12/h9-12,18H,3-7H2,1-2H3,(H,16,17)/t9?,10-,11-,12+/m0/s1. The average Bonchev–Trinajstić information content (AvgIpc) is 2.97. The molecular formula is C15H22N2O4. The second-order valence-electron chi connectivity index (χ2n) is 6.07. The second-order valence-corrected chi connectivity index (χ2v) is 6.07. The van der Waals surface area contributed by atoms with Gasteiger partial charge >= 0.3 is 5.97 Å². The molecule has 2 aliphatic carbocycles. The third-order valence-corrected chi connectivity index (χ3v) is 4.75. The highest BCUT2D eigenvalue weighted by atomic mass is 16.5. The van der Waals surface area contributed by atoms with Gasteiger partial charge in [-0.1, -0.05) is 0 Å². The number of fused-ring (bicyclic) bond motifs is 1. The number of nitrogens with zero attached hydrogens (tertiary/aromatic N) is 1. The van der Waals surface area contributed by atoms with Gasteiger partial charge in [0.15, 0.2) is 5.69 Å². The van der Waals surface area contributed by atoms with Crippen molar-refractivity contribution in [2.24, 2.45) is 17.8 Å². The van der Waals surface area contributed by atoms with Crippen LogP contribution in [0.2, 0.25) is 0 Å². The second kappa shape index (κ2) is 5.67. The highest BCUT2D eigenvalue weighted by molar-refractivity contribution is 5.88. The SMILES string of the molecule is CCOC(=O)c1nc(N[C@@H]2C[C@@H]3CC(CO)C[C@@H]32)oc1C. The van der Waals surface area contributed by atoms with Gasteiger partial charge in [0.25, 0.3) is 6.01 Å². The first-order valence-corrected chi connectivity index (χ1v) is 7.64. The van der Waals surface area contributed by atoms with Crippen molar-refractivity contribution in [1.82, 2.24) is 4.98 Å². The fourth-order valence-electron chi connectivity index (χ4n) is 3.67. The Labute approximate surface area is 123 Å². The predicted octanol–water partition coefficient (Wildman–Crippen LogP) is 1.98. The van der Waals surface area contributed by atoms with Gasteiger partial charge in [0, 0.05) is 12.6 Å². The van der Waals surface area contributed by atoms with Crippen LogP contribution in [0.1, 0.15) is 42.4 Å². The van der Waals surface area contributed by atoms with Gasteiger partial charge in [-0.05, 0) is 50.9 Å². The zero-order valence-electron chi connectivity index (χ0n) is 12.5. The molecule has 2 aliphatic rings. The molecule has 6 heteroatoms. The molecule has 2 saturated carbocycles. The van der Waals surface area contributed by atoms with E-state index in [1.54, 1.807) is 13.8 Å². The first-order chi connectivity index (χ1) is 10.1. The first-order valence-electron chi connectivity index (χ1n) is 7.64. The molecule has 0 aliphatic heterocycles. The normalized spacial score (nSPS) is 30.6. The number of hydrogen-bond donors (Lipinski definition) is 2. The lowest BCUT2D eigenvalue weighted by atomic mass is 9.71. The van der Waals surface area contributed by atoms with Crippen molar-refractivity contribution in [3.63, 3.8) is 0 Å². The summed E-state index contributed by atoms with van der Waals surface area (Å²) in [4.78, 5) is 15.9. The number of hydrogen-bond acceptors (Lipinski definition) is 6. The topological polar surface area (TPSA) is 84.6 Å². The molecule has 1 aromatic heterocycles. The van der Waals surface area contributed by atoms with Crippen LogP contribution in [0, 0.1) is 24.7 Å². The Kier molecular flexibility index (Phi) is 3.89. The molecule has 4 atom stereocenters. The number of aromatic nitrogens is 1. The molecule has 0 aromatic carbocycles. The lowest BCUT2D eigenvalue weighted by Crippen LogP contribution is -2.43. The Morgan fingerprint density at radius 2 is 2.29 bits per heavy atom. The van der Waals surface area contributed by atoms with Gasteiger partial charge in [-0.25, -0.2) is 4.79 Å². The van der Waals surface area contributed by atoms with E-state index >= 15 is 0 Å². The number of oxazole rings is 1. The van der Waals surface area contributed by atoms with Crippen molar-refractivity contribution >= 4 is 12.0 Å². The number of nitrogens with one attached hydrogen (secondary N) is 1. The number of aryl methyl sites for hydroxylation is 1. The number of anilines is 1. The van der Waals surface area contributed by atoms with E-state index in [9.17, 15) is 9.90 Å². The van der Waals surface area contributed by atoms with E-state index < -0.39 is 5.97 Å². The van der Waals surface area contributed by atoms with E-state index in [2.05, 4.69) is 10.3 Å². The van der Waals surface area contributed by atoms with E-state index in [0.29, 0.717) is 42.2 Å². The molecule has 0 radical (unpaired) electrons. The van der Waals surface area contributed by atoms with Gasteiger partial charge in [-0.3, -0.25) is 0 Å². The Bertz CT molecular complexity index is 528. The maximum atomic E-state index is 11.7. The molecule has 21 heavy (non-hydrogen) atoms. The van der Waals surface area contributed by atoms with Gasteiger partial charge in [0.05, 0.1) is 6.61 Å². The van der Waals surface area contributed by atoms with Gasteiger partial charge in [0.1, 0.15) is 5.76 Å². The molecule has 116 valence electrons. The monoisotopic (exact) mass is 294 g/mol. The Morgan fingerprint density at radius 3 is 3.00 bits per heavy atom. The predicted molar refractivity (Wildman–Crippen MR) is 76.0 cm³/mol. The summed E-state index contributed by atoms with van der Waals surface area (Å²) >= 11 is 0. The quantitative estimate of drug-likeness (QED) is 0.808. The van der Waals surface area contributed by atoms with Gasteiger partial charge in [-0.2, -0.15) is 4.98 Å². The summed E-state index contributed by atoms with van der Waals surface area (Å²) in [5.41, 5.74) is 0.245. The zero-order valence-corrected chi connectivity index (χ0v) is 12.5. The number of aliphatic hydroxyl groups is 1.